The van der Waals surface area contributed by atoms with Gasteiger partial charge in [0.25, 0.3) is 5.56 Å². The fourth-order valence-corrected chi connectivity index (χ4v) is 5.66. The Labute approximate surface area is 266 Å². The zero-order chi connectivity index (χ0) is 32.5. The second-order valence-electron chi connectivity index (χ2n) is 11.8. The van der Waals surface area contributed by atoms with Gasteiger partial charge in [-0.1, -0.05) is 71.9 Å². The number of hydrogen-bond donors (Lipinski definition) is 3. The molecule has 0 spiro atoms. The molecule has 0 unspecified atom stereocenters. The first kappa shape index (κ1) is 33.7. The molecule has 2 aromatic carbocycles. The van der Waals surface area contributed by atoms with E-state index < -0.39 is 11.6 Å². The molecule has 45 heavy (non-hydrogen) atoms. The van der Waals surface area contributed by atoms with Crippen LogP contribution in [0.3, 0.4) is 0 Å². The molecule has 0 bridgehead atoms. The maximum absolute atomic E-state index is 14.2. The van der Waals surface area contributed by atoms with E-state index in [9.17, 15) is 14.7 Å². The predicted octanol–water partition coefficient (Wildman–Crippen LogP) is 7.06. The third-order valence-corrected chi connectivity index (χ3v) is 8.10. The second-order valence-corrected chi connectivity index (χ2v) is 11.8. The molecule has 4 aromatic rings. The van der Waals surface area contributed by atoms with Crippen LogP contribution in [0.2, 0.25) is 0 Å². The van der Waals surface area contributed by atoms with Crippen molar-refractivity contribution < 1.29 is 14.6 Å². The van der Waals surface area contributed by atoms with Crippen LogP contribution in [-0.4, -0.2) is 58.4 Å². The van der Waals surface area contributed by atoms with E-state index in [0.29, 0.717) is 35.4 Å². The molecule has 0 saturated heterocycles. The molecule has 0 atom stereocenters. The standard InChI is InChI=1S/C36H47N5O4/c1-7-40(8-2)20-22-45-27-14-9-13-26(23-27)31-30-17-11-18-37-34(30)41(19-12-21-42)35(43)33(31)39-36(44)38-32-28(24(3)4)15-10-16-29(32)25(5)6/h9-11,13-18,23-25,42H,7-8,12,19-22H2,1-6H3,(H2,38,39,44). The lowest BCUT2D eigenvalue weighted by atomic mass is 9.93. The maximum atomic E-state index is 14.2. The Morgan fingerprint density at radius 3 is 2.27 bits per heavy atom. The minimum absolute atomic E-state index is 0.0807. The summed E-state index contributed by atoms with van der Waals surface area (Å²) in [4.78, 5) is 34.8. The summed E-state index contributed by atoms with van der Waals surface area (Å²) in [6.07, 6.45) is 2.01. The van der Waals surface area contributed by atoms with Gasteiger partial charge in [-0.25, -0.2) is 9.78 Å². The van der Waals surface area contributed by atoms with Crippen LogP contribution in [0.5, 0.6) is 5.75 Å². The van der Waals surface area contributed by atoms with Crippen LogP contribution in [0.1, 0.15) is 70.9 Å². The zero-order valence-electron chi connectivity index (χ0n) is 27.4. The van der Waals surface area contributed by atoms with E-state index >= 15 is 0 Å². The number of aryl methyl sites for hydroxylation is 1. The molecule has 2 aromatic heterocycles. The number of urea groups is 1. The number of para-hydroxylation sites is 1. The summed E-state index contributed by atoms with van der Waals surface area (Å²) < 4.78 is 7.65. The van der Waals surface area contributed by atoms with Crippen molar-refractivity contribution in [1.29, 1.82) is 0 Å². The number of carbonyl (C=O) groups excluding carboxylic acids is 1. The van der Waals surface area contributed by atoms with Crippen LogP contribution < -0.4 is 20.9 Å². The van der Waals surface area contributed by atoms with E-state index in [1.165, 1.54) is 4.57 Å². The Bertz CT molecular complexity index is 1630. The Morgan fingerprint density at radius 1 is 0.956 bits per heavy atom. The van der Waals surface area contributed by atoms with Crippen LogP contribution >= 0.6 is 0 Å². The van der Waals surface area contributed by atoms with Crippen molar-refractivity contribution >= 4 is 28.4 Å². The highest BCUT2D eigenvalue weighted by molar-refractivity contribution is 6.07. The number of carbonyl (C=O) groups is 1. The molecule has 9 heteroatoms. The second kappa shape index (κ2) is 15.7. The first-order valence-corrected chi connectivity index (χ1v) is 16.0. The summed E-state index contributed by atoms with van der Waals surface area (Å²) in [6, 6.07) is 16.8. The number of aliphatic hydroxyl groups is 1. The molecule has 2 amide bonds. The number of pyridine rings is 2. The number of anilines is 2. The van der Waals surface area contributed by atoms with Crippen molar-refractivity contribution in [3.05, 3.63) is 82.3 Å². The van der Waals surface area contributed by atoms with Crippen LogP contribution in [0.15, 0.2) is 65.6 Å². The maximum Gasteiger partial charge on any atom is 0.323 e. The number of nitrogens with zero attached hydrogens (tertiary/aromatic N) is 3. The van der Waals surface area contributed by atoms with E-state index in [-0.39, 0.29) is 30.7 Å². The van der Waals surface area contributed by atoms with Gasteiger partial charge in [-0.2, -0.15) is 0 Å². The molecule has 0 saturated carbocycles. The number of rotatable bonds is 14. The summed E-state index contributed by atoms with van der Waals surface area (Å²) in [5.74, 6) is 1.03. The Hall–Kier alpha value is -4.21. The number of fused-ring (bicyclic) bond motifs is 1. The van der Waals surface area contributed by atoms with E-state index in [2.05, 4.69) is 62.1 Å². The van der Waals surface area contributed by atoms with Crippen LogP contribution in [0, 0.1) is 0 Å². The molecule has 0 radical (unpaired) electrons. The average molecular weight is 614 g/mol. The van der Waals surface area contributed by atoms with Gasteiger partial charge in [0.15, 0.2) is 0 Å². The van der Waals surface area contributed by atoms with Gasteiger partial charge in [0.1, 0.15) is 23.7 Å². The molecular weight excluding hydrogens is 566 g/mol. The first-order valence-electron chi connectivity index (χ1n) is 16.0. The van der Waals surface area contributed by atoms with Crippen LogP contribution in [0.4, 0.5) is 16.2 Å². The highest BCUT2D eigenvalue weighted by Gasteiger charge is 2.23. The molecule has 9 nitrogen and oxygen atoms in total. The third-order valence-electron chi connectivity index (χ3n) is 8.10. The monoisotopic (exact) mass is 613 g/mol. The average Bonchev–Trinajstić information content (AvgIpc) is 3.03. The quantitative estimate of drug-likeness (QED) is 0.141. The molecule has 0 aliphatic heterocycles. The van der Waals surface area contributed by atoms with Crippen molar-refractivity contribution in [2.45, 2.75) is 66.3 Å². The molecule has 0 aliphatic rings. The highest BCUT2D eigenvalue weighted by atomic mass is 16.5. The number of aromatic nitrogens is 2. The predicted molar refractivity (Wildman–Crippen MR) is 184 cm³/mol. The molecule has 0 fully saturated rings. The number of nitrogens with one attached hydrogen (secondary N) is 2. The lowest BCUT2D eigenvalue weighted by Crippen LogP contribution is -2.30. The molecular formula is C36H47N5O4. The van der Waals surface area contributed by atoms with E-state index in [1.807, 2.05) is 54.6 Å². The highest BCUT2D eigenvalue weighted by Crippen LogP contribution is 2.36. The SMILES string of the molecule is CCN(CC)CCOc1cccc(-c2c(NC(=O)Nc3c(C(C)C)cccc3C(C)C)c(=O)n(CCCO)c3ncccc23)c1. The van der Waals surface area contributed by atoms with Gasteiger partial charge >= 0.3 is 6.03 Å². The third kappa shape index (κ3) is 7.90. The number of likely N-dealkylation sites (N-methyl/N-ethyl adjacent to an activating group) is 1. The summed E-state index contributed by atoms with van der Waals surface area (Å²) in [5.41, 5.74) is 4.32. The van der Waals surface area contributed by atoms with Gasteiger partial charge in [0, 0.05) is 42.5 Å². The molecule has 4 rings (SSSR count). The minimum atomic E-state index is -0.507. The van der Waals surface area contributed by atoms with Crippen molar-refractivity contribution in [2.24, 2.45) is 0 Å². The largest absolute Gasteiger partial charge is 0.492 e. The minimum Gasteiger partial charge on any atom is -0.492 e. The van der Waals surface area contributed by atoms with Gasteiger partial charge in [0.2, 0.25) is 0 Å². The Kier molecular flexibility index (Phi) is 11.7. The fraction of sp³-hybridized carbons (Fsp3) is 0.417. The summed E-state index contributed by atoms with van der Waals surface area (Å²) >= 11 is 0. The normalized spacial score (nSPS) is 11.5. The van der Waals surface area contributed by atoms with Crippen molar-refractivity contribution in [3.8, 4) is 16.9 Å². The van der Waals surface area contributed by atoms with Gasteiger partial charge in [-0.05, 0) is 72.3 Å². The van der Waals surface area contributed by atoms with Crippen molar-refractivity contribution in [1.82, 2.24) is 14.5 Å². The number of aliphatic hydroxyl groups excluding tert-OH is 1. The smallest absolute Gasteiger partial charge is 0.323 e. The molecule has 240 valence electrons. The summed E-state index contributed by atoms with van der Waals surface area (Å²) in [5, 5.41) is 16.3. The number of ether oxygens (including phenoxy) is 1. The number of amides is 2. The van der Waals surface area contributed by atoms with Crippen molar-refractivity contribution in [2.75, 3.05) is 43.5 Å². The number of benzene rings is 2. The first-order chi connectivity index (χ1) is 21.7. The molecule has 0 aliphatic carbocycles. The summed E-state index contributed by atoms with van der Waals surface area (Å²) in [6.45, 7) is 16.0. The van der Waals surface area contributed by atoms with Crippen LogP contribution in [-0.2, 0) is 6.54 Å². The lowest BCUT2D eigenvalue weighted by molar-refractivity contribution is 0.223. The Morgan fingerprint density at radius 2 is 1.62 bits per heavy atom. The van der Waals surface area contributed by atoms with E-state index in [4.69, 9.17) is 4.74 Å². The van der Waals surface area contributed by atoms with Gasteiger partial charge in [-0.15, -0.1) is 0 Å². The number of hydrogen-bond acceptors (Lipinski definition) is 6. The molecule has 3 N–H and O–H groups in total. The van der Waals surface area contributed by atoms with Gasteiger partial charge in [-0.3, -0.25) is 9.36 Å². The van der Waals surface area contributed by atoms with Crippen molar-refractivity contribution in [3.63, 3.8) is 0 Å². The molecule has 2 heterocycles. The fourth-order valence-electron chi connectivity index (χ4n) is 5.66. The van der Waals surface area contributed by atoms with E-state index in [0.717, 1.165) is 42.0 Å². The summed E-state index contributed by atoms with van der Waals surface area (Å²) in [7, 11) is 0. The van der Waals surface area contributed by atoms with E-state index in [1.54, 1.807) is 6.20 Å². The van der Waals surface area contributed by atoms with Gasteiger partial charge < -0.3 is 25.4 Å². The Balaban J connectivity index is 1.82. The zero-order valence-corrected chi connectivity index (χ0v) is 27.4. The topological polar surface area (TPSA) is 109 Å². The van der Waals surface area contributed by atoms with Gasteiger partial charge in [0.05, 0.1) is 0 Å². The van der Waals surface area contributed by atoms with Crippen LogP contribution in [0.25, 0.3) is 22.2 Å². The lowest BCUT2D eigenvalue weighted by Gasteiger charge is -2.22.